The van der Waals surface area contributed by atoms with E-state index in [0.717, 1.165) is 40.8 Å². The summed E-state index contributed by atoms with van der Waals surface area (Å²) in [5.74, 6) is 0.00466. The summed E-state index contributed by atoms with van der Waals surface area (Å²) in [6, 6.07) is 8.97. The topological polar surface area (TPSA) is 66.5 Å². The fraction of sp³-hybridized carbons (Fsp3) is 0.350. The van der Waals surface area contributed by atoms with Gasteiger partial charge in [-0.1, -0.05) is 6.07 Å². The first-order valence-electron chi connectivity index (χ1n) is 8.71. The second kappa shape index (κ2) is 6.76. The van der Waals surface area contributed by atoms with Gasteiger partial charge in [-0.3, -0.25) is 9.52 Å². The van der Waals surface area contributed by atoms with Gasteiger partial charge in [-0.2, -0.15) is 0 Å². The molecular formula is C20H24N2O3S. The highest BCUT2D eigenvalue weighted by atomic mass is 32.2. The Balaban J connectivity index is 1.94. The van der Waals surface area contributed by atoms with Crippen LogP contribution < -0.4 is 9.62 Å². The van der Waals surface area contributed by atoms with Crippen LogP contribution in [0.1, 0.15) is 35.6 Å². The number of fused-ring (bicyclic) bond motifs is 1. The predicted octanol–water partition coefficient (Wildman–Crippen LogP) is 3.71. The maximum absolute atomic E-state index is 12.9. The molecule has 5 nitrogen and oxygen atoms in total. The zero-order chi connectivity index (χ0) is 19.1. The van der Waals surface area contributed by atoms with Crippen molar-refractivity contribution in [2.24, 2.45) is 0 Å². The van der Waals surface area contributed by atoms with Gasteiger partial charge >= 0.3 is 0 Å². The lowest BCUT2D eigenvalue weighted by molar-refractivity contribution is -0.116. The molecule has 0 radical (unpaired) electrons. The van der Waals surface area contributed by atoms with Crippen LogP contribution in [0.4, 0.5) is 11.4 Å². The van der Waals surface area contributed by atoms with Crippen LogP contribution in [0.3, 0.4) is 0 Å². The molecule has 26 heavy (non-hydrogen) atoms. The molecule has 1 amide bonds. The van der Waals surface area contributed by atoms with Gasteiger partial charge in [-0.25, -0.2) is 8.42 Å². The summed E-state index contributed by atoms with van der Waals surface area (Å²) in [4.78, 5) is 13.8. The Bertz CT molecular complexity index is 981. The van der Waals surface area contributed by atoms with Crippen molar-refractivity contribution in [1.82, 2.24) is 0 Å². The number of rotatable bonds is 3. The summed E-state index contributed by atoms with van der Waals surface area (Å²) in [5.41, 5.74) is 5.11. The minimum atomic E-state index is -3.67. The highest BCUT2D eigenvalue weighted by molar-refractivity contribution is 7.92. The molecule has 1 aliphatic rings. The van der Waals surface area contributed by atoms with E-state index in [-0.39, 0.29) is 5.91 Å². The third kappa shape index (κ3) is 3.46. The zero-order valence-electron chi connectivity index (χ0n) is 15.6. The van der Waals surface area contributed by atoms with Crippen LogP contribution in [0.5, 0.6) is 0 Å². The van der Waals surface area contributed by atoms with Gasteiger partial charge in [0.2, 0.25) is 5.91 Å². The number of nitrogens with one attached hydrogen (secondary N) is 1. The molecule has 0 saturated heterocycles. The van der Waals surface area contributed by atoms with Crippen LogP contribution in [-0.4, -0.2) is 20.9 Å². The summed E-state index contributed by atoms with van der Waals surface area (Å²) in [6.45, 7) is 7.93. The SMILES string of the molecule is CC(=O)N1CCCc2cc(NS(=O)(=O)c3cc(C)c(C)cc3C)ccc21. The number of anilines is 2. The molecular weight excluding hydrogens is 348 g/mol. The van der Waals surface area contributed by atoms with E-state index in [4.69, 9.17) is 0 Å². The number of carbonyl (C=O) groups excluding carboxylic acids is 1. The van der Waals surface area contributed by atoms with Crippen molar-refractivity contribution in [3.8, 4) is 0 Å². The van der Waals surface area contributed by atoms with E-state index in [9.17, 15) is 13.2 Å². The zero-order valence-corrected chi connectivity index (χ0v) is 16.4. The molecule has 2 aromatic carbocycles. The Morgan fingerprint density at radius 3 is 2.42 bits per heavy atom. The molecule has 138 valence electrons. The van der Waals surface area contributed by atoms with Crippen LogP contribution in [0.15, 0.2) is 35.2 Å². The maximum Gasteiger partial charge on any atom is 0.262 e. The van der Waals surface area contributed by atoms with Gasteiger partial charge in [0.25, 0.3) is 10.0 Å². The first-order valence-corrected chi connectivity index (χ1v) is 10.2. The van der Waals surface area contributed by atoms with Crippen molar-refractivity contribution < 1.29 is 13.2 Å². The number of sulfonamides is 1. The molecule has 1 heterocycles. The lowest BCUT2D eigenvalue weighted by Crippen LogP contribution is -2.33. The molecule has 3 rings (SSSR count). The van der Waals surface area contributed by atoms with Crippen molar-refractivity contribution >= 4 is 27.3 Å². The Kier molecular flexibility index (Phi) is 4.80. The number of amides is 1. The van der Waals surface area contributed by atoms with Crippen molar-refractivity contribution in [3.05, 3.63) is 52.6 Å². The van der Waals surface area contributed by atoms with Gasteiger partial charge < -0.3 is 4.90 Å². The van der Waals surface area contributed by atoms with Gasteiger partial charge in [-0.05, 0) is 80.1 Å². The van der Waals surface area contributed by atoms with Gasteiger partial charge in [0.1, 0.15) is 0 Å². The number of hydrogen-bond donors (Lipinski definition) is 1. The molecule has 0 aromatic heterocycles. The molecule has 0 unspecified atom stereocenters. The summed E-state index contributed by atoms with van der Waals surface area (Å²) < 4.78 is 28.4. The quantitative estimate of drug-likeness (QED) is 0.893. The van der Waals surface area contributed by atoms with Gasteiger partial charge in [-0.15, -0.1) is 0 Å². The van der Waals surface area contributed by atoms with Crippen molar-refractivity contribution in [1.29, 1.82) is 0 Å². The summed E-state index contributed by atoms with van der Waals surface area (Å²) in [5, 5.41) is 0. The highest BCUT2D eigenvalue weighted by Gasteiger charge is 2.22. The first-order chi connectivity index (χ1) is 12.2. The van der Waals surface area contributed by atoms with Gasteiger partial charge in [0, 0.05) is 24.8 Å². The Morgan fingerprint density at radius 2 is 1.73 bits per heavy atom. The average Bonchev–Trinajstić information content (AvgIpc) is 2.56. The lowest BCUT2D eigenvalue weighted by atomic mass is 10.0. The second-order valence-electron chi connectivity index (χ2n) is 6.93. The number of benzene rings is 2. The largest absolute Gasteiger partial charge is 0.312 e. The number of hydrogen-bond acceptors (Lipinski definition) is 3. The molecule has 0 atom stereocenters. The summed E-state index contributed by atoms with van der Waals surface area (Å²) in [6.07, 6.45) is 1.70. The molecule has 6 heteroatoms. The van der Waals surface area contributed by atoms with Crippen LogP contribution in [-0.2, 0) is 21.2 Å². The average molecular weight is 372 g/mol. The maximum atomic E-state index is 12.9. The van der Waals surface area contributed by atoms with Gasteiger partial charge in [0.15, 0.2) is 0 Å². The van der Waals surface area contributed by atoms with E-state index < -0.39 is 10.0 Å². The van der Waals surface area contributed by atoms with Crippen molar-refractivity contribution in [3.63, 3.8) is 0 Å². The highest BCUT2D eigenvalue weighted by Crippen LogP contribution is 2.31. The van der Waals surface area contributed by atoms with Crippen LogP contribution >= 0.6 is 0 Å². The van der Waals surface area contributed by atoms with Crippen molar-refractivity contribution in [2.75, 3.05) is 16.2 Å². The van der Waals surface area contributed by atoms with Crippen LogP contribution in [0.2, 0.25) is 0 Å². The minimum Gasteiger partial charge on any atom is -0.312 e. The Morgan fingerprint density at radius 1 is 1.04 bits per heavy atom. The van der Waals surface area contributed by atoms with E-state index in [1.807, 2.05) is 32.0 Å². The third-order valence-electron chi connectivity index (χ3n) is 4.91. The normalized spacial score (nSPS) is 14.1. The van der Waals surface area contributed by atoms with E-state index in [0.29, 0.717) is 17.1 Å². The van der Waals surface area contributed by atoms with Crippen molar-refractivity contribution in [2.45, 2.75) is 45.4 Å². The monoisotopic (exact) mass is 372 g/mol. The molecule has 0 aliphatic carbocycles. The summed E-state index contributed by atoms with van der Waals surface area (Å²) in [7, 11) is -3.67. The van der Waals surface area contributed by atoms with E-state index >= 15 is 0 Å². The van der Waals surface area contributed by atoms with Gasteiger partial charge in [0.05, 0.1) is 4.90 Å². The van der Waals surface area contributed by atoms with E-state index in [1.54, 1.807) is 30.9 Å². The number of carbonyl (C=O) groups is 1. The standard InChI is InChI=1S/C20H24N2O3S/c1-13-10-15(3)20(11-14(13)2)26(24,25)21-18-7-8-19-17(12-18)6-5-9-22(19)16(4)23/h7-8,10-12,21H,5-6,9H2,1-4H3. The van der Waals surface area contributed by atoms with Crippen LogP contribution in [0, 0.1) is 20.8 Å². The van der Waals surface area contributed by atoms with E-state index in [1.165, 1.54) is 0 Å². The minimum absolute atomic E-state index is 0.00466. The van der Waals surface area contributed by atoms with E-state index in [2.05, 4.69) is 4.72 Å². The molecule has 0 spiro atoms. The predicted molar refractivity (Wildman–Crippen MR) is 104 cm³/mol. The Labute approximate surface area is 155 Å². The number of nitrogens with zero attached hydrogens (tertiary/aromatic N) is 1. The third-order valence-corrected chi connectivity index (χ3v) is 6.43. The lowest BCUT2D eigenvalue weighted by Gasteiger charge is -2.29. The fourth-order valence-corrected chi connectivity index (χ4v) is 4.78. The Hall–Kier alpha value is -2.34. The molecule has 1 N–H and O–H groups in total. The first kappa shape index (κ1) is 18.5. The smallest absolute Gasteiger partial charge is 0.262 e. The second-order valence-corrected chi connectivity index (χ2v) is 8.58. The fourth-order valence-electron chi connectivity index (χ4n) is 3.42. The molecule has 0 fully saturated rings. The number of aryl methyl sites for hydroxylation is 4. The summed E-state index contributed by atoms with van der Waals surface area (Å²) >= 11 is 0. The molecule has 0 bridgehead atoms. The molecule has 2 aromatic rings. The van der Waals surface area contributed by atoms with Crippen LogP contribution in [0.25, 0.3) is 0 Å². The molecule has 1 aliphatic heterocycles. The molecule has 0 saturated carbocycles.